The van der Waals surface area contributed by atoms with Crippen molar-refractivity contribution in [2.75, 3.05) is 18.6 Å². The number of likely N-dealkylation sites (N-methyl/N-ethyl adjacent to an activating group) is 1. The normalized spacial score (nSPS) is 15.4. The lowest BCUT2D eigenvalue weighted by molar-refractivity contribution is -0.120. The molecule has 3 rings (SSSR count). The molecule has 1 atom stereocenters. The van der Waals surface area contributed by atoms with E-state index >= 15 is 0 Å². The van der Waals surface area contributed by atoms with Gasteiger partial charge in [-0.3, -0.25) is 9.48 Å². The van der Waals surface area contributed by atoms with Gasteiger partial charge in [-0.2, -0.15) is 5.10 Å². The number of carbonyl (C=O) groups is 2. The molecule has 1 aromatic heterocycles. The van der Waals surface area contributed by atoms with E-state index in [1.165, 1.54) is 0 Å². The van der Waals surface area contributed by atoms with Gasteiger partial charge in [0.1, 0.15) is 17.0 Å². The lowest BCUT2D eigenvalue weighted by Gasteiger charge is -2.27. The van der Waals surface area contributed by atoms with Crippen molar-refractivity contribution in [2.24, 2.45) is 0 Å². The summed E-state index contributed by atoms with van der Waals surface area (Å²) in [6.07, 6.45) is 1.27. The van der Waals surface area contributed by atoms with Crippen LogP contribution in [0.15, 0.2) is 18.3 Å². The third-order valence-electron chi connectivity index (χ3n) is 4.01. The molecule has 1 N–H and O–H groups in total. The van der Waals surface area contributed by atoms with Gasteiger partial charge in [0.05, 0.1) is 18.3 Å². The van der Waals surface area contributed by atoms with Gasteiger partial charge >= 0.3 is 6.09 Å². The maximum absolute atomic E-state index is 12.0. The Bertz CT molecular complexity index is 853. The molecule has 0 fully saturated rings. The van der Waals surface area contributed by atoms with E-state index in [-0.39, 0.29) is 18.6 Å². The predicted octanol–water partition coefficient (Wildman–Crippen LogP) is 2.30. The standard InChI is InChI=1S/C18H24N4O4/c1-11(20-17(24)26-18(2,3)4)9-22-15-12(8-19-22)6-7-13-16(15)21(5)14(23)10-25-13/h6-8,11H,9-10H2,1-5H3,(H,20,24)/t11-/m0/s1. The maximum Gasteiger partial charge on any atom is 0.407 e. The Hall–Kier alpha value is -2.77. The van der Waals surface area contributed by atoms with Gasteiger partial charge in [0.25, 0.3) is 5.91 Å². The van der Waals surface area contributed by atoms with Gasteiger partial charge in [0.15, 0.2) is 6.61 Å². The Morgan fingerprint density at radius 3 is 2.85 bits per heavy atom. The molecule has 1 aliphatic rings. The van der Waals surface area contributed by atoms with Crippen LogP contribution in [0.5, 0.6) is 5.75 Å². The number of carbonyl (C=O) groups excluding carboxylic acids is 2. The van der Waals surface area contributed by atoms with Gasteiger partial charge in [0.2, 0.25) is 0 Å². The van der Waals surface area contributed by atoms with Crippen molar-refractivity contribution >= 4 is 28.6 Å². The van der Waals surface area contributed by atoms with Gasteiger partial charge < -0.3 is 19.7 Å². The van der Waals surface area contributed by atoms with Gasteiger partial charge in [-0.1, -0.05) is 0 Å². The molecule has 0 aliphatic carbocycles. The molecule has 2 amide bonds. The average molecular weight is 360 g/mol. The number of nitrogens with one attached hydrogen (secondary N) is 1. The fourth-order valence-electron chi connectivity index (χ4n) is 2.90. The van der Waals surface area contributed by atoms with Crippen molar-refractivity contribution in [1.29, 1.82) is 0 Å². The quantitative estimate of drug-likeness (QED) is 0.908. The summed E-state index contributed by atoms with van der Waals surface area (Å²) in [4.78, 5) is 25.6. The number of hydrogen-bond acceptors (Lipinski definition) is 5. The highest BCUT2D eigenvalue weighted by Gasteiger charge is 2.27. The van der Waals surface area contributed by atoms with Crippen LogP contribution in [-0.2, 0) is 16.1 Å². The fraction of sp³-hybridized carbons (Fsp3) is 0.500. The summed E-state index contributed by atoms with van der Waals surface area (Å²) < 4.78 is 12.6. The third-order valence-corrected chi connectivity index (χ3v) is 4.01. The van der Waals surface area contributed by atoms with E-state index in [0.29, 0.717) is 18.0 Å². The van der Waals surface area contributed by atoms with Crippen LogP contribution in [0.1, 0.15) is 27.7 Å². The van der Waals surface area contributed by atoms with Crippen molar-refractivity contribution in [2.45, 2.75) is 45.9 Å². The zero-order valence-electron chi connectivity index (χ0n) is 15.7. The highest BCUT2D eigenvalue weighted by molar-refractivity contribution is 6.06. The minimum absolute atomic E-state index is 0.0275. The molecule has 0 saturated carbocycles. The van der Waals surface area contributed by atoms with Crippen LogP contribution < -0.4 is 15.0 Å². The van der Waals surface area contributed by atoms with Crippen LogP contribution in [0.25, 0.3) is 10.9 Å². The van der Waals surface area contributed by atoms with E-state index in [0.717, 1.165) is 10.9 Å². The average Bonchev–Trinajstić information content (AvgIpc) is 2.91. The van der Waals surface area contributed by atoms with E-state index < -0.39 is 11.7 Å². The van der Waals surface area contributed by atoms with Crippen LogP contribution in [0.4, 0.5) is 10.5 Å². The number of nitrogens with zero attached hydrogens (tertiary/aromatic N) is 3. The van der Waals surface area contributed by atoms with E-state index in [4.69, 9.17) is 9.47 Å². The second-order valence-corrected chi connectivity index (χ2v) is 7.47. The Balaban J connectivity index is 1.85. The summed E-state index contributed by atoms with van der Waals surface area (Å²) in [5.41, 5.74) is 0.943. The molecule has 8 heteroatoms. The van der Waals surface area contributed by atoms with E-state index in [1.807, 2.05) is 39.8 Å². The monoisotopic (exact) mass is 360 g/mol. The lowest BCUT2D eigenvalue weighted by Crippen LogP contribution is -2.40. The predicted molar refractivity (Wildman–Crippen MR) is 97.5 cm³/mol. The number of fused-ring (bicyclic) bond motifs is 3. The van der Waals surface area contributed by atoms with Gasteiger partial charge in [-0.15, -0.1) is 0 Å². The molecule has 0 saturated heterocycles. The van der Waals surface area contributed by atoms with Crippen LogP contribution in [0, 0.1) is 0 Å². The number of rotatable bonds is 3. The number of aromatic nitrogens is 2. The Kier molecular flexibility index (Phi) is 4.52. The summed E-state index contributed by atoms with van der Waals surface area (Å²) >= 11 is 0. The first kappa shape index (κ1) is 18.0. The number of anilines is 1. The first-order valence-corrected chi connectivity index (χ1v) is 8.53. The summed E-state index contributed by atoms with van der Waals surface area (Å²) in [6.45, 7) is 7.78. The lowest BCUT2D eigenvalue weighted by atomic mass is 10.1. The molecular formula is C18H24N4O4. The highest BCUT2D eigenvalue weighted by Crippen LogP contribution is 2.38. The van der Waals surface area contributed by atoms with Gasteiger partial charge in [0, 0.05) is 18.5 Å². The molecule has 1 aliphatic heterocycles. The fourth-order valence-corrected chi connectivity index (χ4v) is 2.90. The summed E-state index contributed by atoms with van der Waals surface area (Å²) in [7, 11) is 1.73. The van der Waals surface area contributed by atoms with Crippen LogP contribution >= 0.6 is 0 Å². The number of ether oxygens (including phenoxy) is 2. The zero-order chi connectivity index (χ0) is 19.1. The molecule has 140 valence electrons. The smallest absolute Gasteiger partial charge is 0.407 e. The topological polar surface area (TPSA) is 85.7 Å². The Morgan fingerprint density at radius 2 is 2.15 bits per heavy atom. The molecular weight excluding hydrogens is 336 g/mol. The second kappa shape index (κ2) is 6.51. The van der Waals surface area contributed by atoms with Gasteiger partial charge in [-0.05, 0) is 39.8 Å². The molecule has 0 radical (unpaired) electrons. The highest BCUT2D eigenvalue weighted by atomic mass is 16.6. The minimum Gasteiger partial charge on any atom is -0.481 e. The Labute approximate surface area is 152 Å². The summed E-state index contributed by atoms with van der Waals surface area (Å²) in [5, 5.41) is 8.12. The largest absolute Gasteiger partial charge is 0.481 e. The number of alkyl carbamates (subject to hydrolysis) is 1. The molecule has 2 heterocycles. The second-order valence-electron chi connectivity index (χ2n) is 7.47. The zero-order valence-corrected chi connectivity index (χ0v) is 15.7. The van der Waals surface area contributed by atoms with Crippen LogP contribution in [-0.4, -0.2) is 47.1 Å². The molecule has 26 heavy (non-hydrogen) atoms. The molecule has 0 bridgehead atoms. The third kappa shape index (κ3) is 3.58. The van der Waals surface area contributed by atoms with Crippen LogP contribution in [0.3, 0.4) is 0 Å². The summed E-state index contributed by atoms with van der Waals surface area (Å²) in [5.74, 6) is 0.534. The van der Waals surface area contributed by atoms with Crippen molar-refractivity contribution in [3.63, 3.8) is 0 Å². The van der Waals surface area contributed by atoms with E-state index in [9.17, 15) is 9.59 Å². The number of benzene rings is 1. The molecule has 2 aromatic rings. The summed E-state index contributed by atoms with van der Waals surface area (Å²) in [6, 6.07) is 3.54. The number of amides is 2. The molecule has 0 spiro atoms. The van der Waals surface area contributed by atoms with Crippen molar-refractivity contribution in [1.82, 2.24) is 15.1 Å². The van der Waals surface area contributed by atoms with Gasteiger partial charge in [-0.25, -0.2) is 4.79 Å². The molecule has 1 aromatic carbocycles. The van der Waals surface area contributed by atoms with Crippen molar-refractivity contribution < 1.29 is 19.1 Å². The van der Waals surface area contributed by atoms with E-state index in [1.54, 1.807) is 22.8 Å². The van der Waals surface area contributed by atoms with Crippen molar-refractivity contribution in [3.8, 4) is 5.75 Å². The SMILES string of the molecule is C[C@@H](Cn1ncc2ccc3c(c21)N(C)C(=O)CO3)NC(=O)OC(C)(C)C. The van der Waals surface area contributed by atoms with E-state index in [2.05, 4.69) is 10.4 Å². The first-order chi connectivity index (χ1) is 12.2. The number of hydrogen-bond donors (Lipinski definition) is 1. The maximum atomic E-state index is 12.0. The molecule has 8 nitrogen and oxygen atoms in total. The van der Waals surface area contributed by atoms with Crippen LogP contribution in [0.2, 0.25) is 0 Å². The first-order valence-electron chi connectivity index (χ1n) is 8.53. The minimum atomic E-state index is -0.554. The van der Waals surface area contributed by atoms with Crippen molar-refractivity contribution in [3.05, 3.63) is 18.3 Å². The Morgan fingerprint density at radius 1 is 1.42 bits per heavy atom. The molecule has 0 unspecified atom stereocenters.